The standard InChI is InChI=1S/C32H44N6/c1-10-22(3)32(37-27(8)36-30-19-18-28-16-13-17-29(28)20-30)38(9)21-34-25(6)26(7)35-31(11-2)23(4)14-12-15-24(5)33/h10,12-15,17-21,24,31,35-36H,6-8,11,16,33H2,1-5,9H3/b15-12-,22-10-,23-14+,34-21?,37-32?. The summed E-state index contributed by atoms with van der Waals surface area (Å²) in [5.74, 6) is 1.27. The Hall–Kier alpha value is -3.90. The van der Waals surface area contributed by atoms with Crippen molar-refractivity contribution in [2.45, 2.75) is 59.5 Å². The molecule has 202 valence electrons. The maximum absolute atomic E-state index is 5.79. The monoisotopic (exact) mass is 512 g/mol. The largest absolute Gasteiger partial charge is 0.377 e. The number of amidine groups is 1. The molecule has 0 aromatic heterocycles. The van der Waals surface area contributed by atoms with Gasteiger partial charge in [0.15, 0.2) is 0 Å². The molecule has 6 heteroatoms. The summed E-state index contributed by atoms with van der Waals surface area (Å²) in [6, 6.07) is 6.45. The molecule has 2 atom stereocenters. The predicted molar refractivity (Wildman–Crippen MR) is 167 cm³/mol. The first kappa shape index (κ1) is 30.3. The van der Waals surface area contributed by atoms with E-state index in [4.69, 9.17) is 10.7 Å². The predicted octanol–water partition coefficient (Wildman–Crippen LogP) is 6.71. The van der Waals surface area contributed by atoms with E-state index in [9.17, 15) is 0 Å². The molecular formula is C32H44N6. The van der Waals surface area contributed by atoms with Crippen molar-refractivity contribution in [3.8, 4) is 0 Å². The molecule has 1 aromatic rings. The number of hydrogen-bond acceptors (Lipinski definition) is 5. The van der Waals surface area contributed by atoms with Crippen LogP contribution in [0.1, 0.15) is 52.2 Å². The number of nitrogens with one attached hydrogen (secondary N) is 2. The second kappa shape index (κ2) is 14.7. The number of nitrogens with zero attached hydrogens (tertiary/aromatic N) is 3. The molecule has 0 heterocycles. The lowest BCUT2D eigenvalue weighted by molar-refractivity contribution is 0.623. The van der Waals surface area contributed by atoms with E-state index in [0.717, 1.165) is 29.9 Å². The van der Waals surface area contributed by atoms with Crippen molar-refractivity contribution in [1.82, 2.24) is 10.2 Å². The fraction of sp³-hybridized carbons (Fsp3) is 0.312. The van der Waals surface area contributed by atoms with Gasteiger partial charge in [-0.1, -0.05) is 74.8 Å². The first-order valence-corrected chi connectivity index (χ1v) is 13.0. The Morgan fingerprint density at radius 2 is 1.97 bits per heavy atom. The van der Waals surface area contributed by atoms with E-state index < -0.39 is 0 Å². The Kier molecular flexibility index (Phi) is 11.8. The Labute approximate surface area is 229 Å². The minimum Gasteiger partial charge on any atom is -0.377 e. The lowest BCUT2D eigenvalue weighted by Crippen LogP contribution is -2.29. The molecule has 0 saturated carbocycles. The molecule has 0 aliphatic heterocycles. The molecule has 38 heavy (non-hydrogen) atoms. The van der Waals surface area contributed by atoms with Crippen LogP contribution in [0, 0.1) is 0 Å². The van der Waals surface area contributed by atoms with Gasteiger partial charge in [-0.3, -0.25) is 0 Å². The highest BCUT2D eigenvalue weighted by molar-refractivity contribution is 6.04. The fourth-order valence-electron chi connectivity index (χ4n) is 3.84. The first-order valence-electron chi connectivity index (χ1n) is 13.0. The average Bonchev–Trinajstić information content (AvgIpc) is 3.35. The van der Waals surface area contributed by atoms with Crippen LogP contribution in [0.4, 0.5) is 5.69 Å². The van der Waals surface area contributed by atoms with Crippen LogP contribution in [0.3, 0.4) is 0 Å². The smallest absolute Gasteiger partial charge is 0.138 e. The summed E-state index contributed by atoms with van der Waals surface area (Å²) in [4.78, 5) is 11.2. The van der Waals surface area contributed by atoms with Crippen molar-refractivity contribution in [2.24, 2.45) is 15.7 Å². The zero-order chi connectivity index (χ0) is 28.2. The van der Waals surface area contributed by atoms with E-state index in [2.05, 4.69) is 85.6 Å². The molecule has 1 aromatic carbocycles. The topological polar surface area (TPSA) is 78.0 Å². The minimum atomic E-state index is 0.0251. The number of rotatable bonds is 13. The summed E-state index contributed by atoms with van der Waals surface area (Å²) < 4.78 is 0. The summed E-state index contributed by atoms with van der Waals surface area (Å²) in [6.07, 6.45) is 15.9. The van der Waals surface area contributed by atoms with Crippen LogP contribution >= 0.6 is 0 Å². The Morgan fingerprint density at radius 1 is 1.24 bits per heavy atom. The van der Waals surface area contributed by atoms with Gasteiger partial charge in [-0.05, 0) is 69.4 Å². The second-order valence-electron chi connectivity index (χ2n) is 9.54. The van der Waals surface area contributed by atoms with Gasteiger partial charge in [0.2, 0.25) is 0 Å². The number of benzene rings is 1. The van der Waals surface area contributed by atoms with Crippen LogP contribution in [-0.2, 0) is 6.42 Å². The molecule has 6 nitrogen and oxygen atoms in total. The van der Waals surface area contributed by atoms with Crippen molar-refractivity contribution in [1.29, 1.82) is 0 Å². The molecule has 2 unspecified atom stereocenters. The fourth-order valence-corrected chi connectivity index (χ4v) is 3.84. The quantitative estimate of drug-likeness (QED) is 0.156. The van der Waals surface area contributed by atoms with E-state index in [-0.39, 0.29) is 12.1 Å². The average molecular weight is 513 g/mol. The summed E-state index contributed by atoms with van der Waals surface area (Å²) >= 11 is 0. The molecule has 0 radical (unpaired) electrons. The van der Waals surface area contributed by atoms with Crippen LogP contribution in [0.5, 0.6) is 0 Å². The Morgan fingerprint density at radius 3 is 2.63 bits per heavy atom. The summed E-state index contributed by atoms with van der Waals surface area (Å²) in [5.41, 5.74) is 12.7. The van der Waals surface area contributed by atoms with E-state index in [1.807, 2.05) is 50.9 Å². The summed E-state index contributed by atoms with van der Waals surface area (Å²) in [7, 11) is 1.90. The number of nitrogens with two attached hydrogens (primary N) is 1. The van der Waals surface area contributed by atoms with Gasteiger partial charge in [-0.15, -0.1) is 0 Å². The molecular weight excluding hydrogens is 468 g/mol. The lowest BCUT2D eigenvalue weighted by atomic mass is 10.1. The van der Waals surface area contributed by atoms with Crippen LogP contribution in [0.15, 0.2) is 107 Å². The maximum Gasteiger partial charge on any atom is 0.138 e. The van der Waals surface area contributed by atoms with Gasteiger partial charge in [-0.25, -0.2) is 9.98 Å². The van der Waals surface area contributed by atoms with Crippen LogP contribution in [0.2, 0.25) is 0 Å². The number of fused-ring (bicyclic) bond motifs is 1. The second-order valence-corrected chi connectivity index (χ2v) is 9.54. The van der Waals surface area contributed by atoms with Gasteiger partial charge >= 0.3 is 0 Å². The SMILES string of the molecule is C=C(N=C(/C(C)=C\C)N(C)C=NC(=C)C(=C)NC(CC)/C(C)=C/C=C\C(C)N)Nc1ccc2c(c1)C=CC2. The van der Waals surface area contributed by atoms with E-state index in [1.54, 1.807) is 6.34 Å². The van der Waals surface area contributed by atoms with Crippen LogP contribution < -0.4 is 16.4 Å². The number of allylic oxidation sites excluding steroid dienone is 4. The minimum absolute atomic E-state index is 0.0251. The molecule has 4 N–H and O–H groups in total. The van der Waals surface area contributed by atoms with E-state index in [1.165, 1.54) is 16.7 Å². The van der Waals surface area contributed by atoms with Crippen LogP contribution in [-0.4, -0.2) is 36.2 Å². The van der Waals surface area contributed by atoms with Gasteiger partial charge in [-0.2, -0.15) is 0 Å². The third-order valence-corrected chi connectivity index (χ3v) is 6.25. The van der Waals surface area contributed by atoms with Gasteiger partial charge in [0.05, 0.1) is 17.7 Å². The van der Waals surface area contributed by atoms with E-state index in [0.29, 0.717) is 17.2 Å². The third kappa shape index (κ3) is 9.20. The molecule has 1 aliphatic rings. The molecule has 2 rings (SSSR count). The summed E-state index contributed by atoms with van der Waals surface area (Å²) in [6.45, 7) is 22.5. The maximum atomic E-state index is 5.79. The number of likely N-dealkylation sites (N-methyl/N-ethyl adjacent to an activating group) is 1. The van der Waals surface area contributed by atoms with Crippen LogP contribution in [0.25, 0.3) is 6.08 Å². The molecule has 1 aliphatic carbocycles. The molecule has 0 bridgehead atoms. The van der Waals surface area contributed by atoms with Gasteiger partial charge < -0.3 is 21.3 Å². The number of aliphatic imine (C=N–C) groups is 2. The number of hydrogen-bond donors (Lipinski definition) is 3. The van der Waals surface area contributed by atoms with Gasteiger partial charge in [0.1, 0.15) is 11.7 Å². The van der Waals surface area contributed by atoms with Crippen molar-refractivity contribution in [2.75, 3.05) is 12.4 Å². The summed E-state index contributed by atoms with van der Waals surface area (Å²) in [5, 5.41) is 6.74. The zero-order valence-electron chi connectivity index (χ0n) is 23.9. The normalized spacial score (nSPS) is 15.5. The van der Waals surface area contributed by atoms with Gasteiger partial charge in [0.25, 0.3) is 0 Å². The first-order chi connectivity index (χ1) is 18.0. The lowest BCUT2D eigenvalue weighted by Gasteiger charge is -2.21. The number of anilines is 1. The molecule has 0 amide bonds. The van der Waals surface area contributed by atoms with E-state index >= 15 is 0 Å². The van der Waals surface area contributed by atoms with Crippen molar-refractivity contribution < 1.29 is 0 Å². The highest BCUT2D eigenvalue weighted by atomic mass is 15.2. The molecule has 0 saturated heterocycles. The Bertz CT molecular complexity index is 1210. The molecule has 0 spiro atoms. The van der Waals surface area contributed by atoms with Crippen molar-refractivity contribution >= 4 is 23.9 Å². The molecule has 0 fully saturated rings. The van der Waals surface area contributed by atoms with Crippen molar-refractivity contribution in [3.63, 3.8) is 0 Å². The third-order valence-electron chi connectivity index (χ3n) is 6.25. The Balaban J connectivity index is 2.08. The van der Waals surface area contributed by atoms with Crippen molar-refractivity contribution in [3.05, 3.63) is 108 Å². The highest BCUT2D eigenvalue weighted by Gasteiger charge is 2.12. The van der Waals surface area contributed by atoms with Gasteiger partial charge in [0, 0.05) is 24.8 Å². The highest BCUT2D eigenvalue weighted by Crippen LogP contribution is 2.24. The zero-order valence-corrected chi connectivity index (χ0v) is 23.9.